The van der Waals surface area contributed by atoms with Gasteiger partial charge in [0.1, 0.15) is 34.0 Å². The molecule has 67 heavy (non-hydrogen) atoms. The Morgan fingerprint density at radius 2 is 1.10 bits per heavy atom. The van der Waals surface area contributed by atoms with Crippen molar-refractivity contribution < 1.29 is 38.7 Å². The molecule has 2 fully saturated rings. The molecule has 2 aromatic carbocycles. The molecule has 0 saturated carbocycles. The van der Waals surface area contributed by atoms with Crippen molar-refractivity contribution >= 4 is 58.1 Å². The van der Waals surface area contributed by atoms with Crippen molar-refractivity contribution in [1.82, 2.24) is 28.6 Å². The van der Waals surface area contributed by atoms with Crippen molar-refractivity contribution in [3.8, 4) is 34.0 Å². The monoisotopic (exact) mass is 958 g/mol. The van der Waals surface area contributed by atoms with Gasteiger partial charge >= 0.3 is 12.2 Å². The number of methoxy groups -OCH3 is 2. The number of carbonyl (C=O) groups excluding carboxylic acids is 2. The molecule has 8 rings (SSSR count). The van der Waals surface area contributed by atoms with E-state index < -0.39 is 11.2 Å². The van der Waals surface area contributed by atoms with Crippen LogP contribution in [-0.4, -0.2) is 129 Å². The van der Waals surface area contributed by atoms with Crippen LogP contribution in [0.4, 0.5) is 21.0 Å². The third-order valence-corrected chi connectivity index (χ3v) is 12.1. The van der Waals surface area contributed by atoms with Gasteiger partial charge in [0.05, 0.1) is 48.9 Å². The van der Waals surface area contributed by atoms with Crippen LogP contribution < -0.4 is 19.3 Å². The number of fused-ring (bicyclic) bond motifs is 2. The Labute approximate surface area is 401 Å². The number of aliphatic hydroxyl groups excluding tert-OH is 2. The van der Waals surface area contributed by atoms with Crippen LogP contribution in [0.15, 0.2) is 67.1 Å². The van der Waals surface area contributed by atoms with Crippen molar-refractivity contribution in [1.29, 1.82) is 0 Å². The van der Waals surface area contributed by atoms with E-state index in [0.29, 0.717) is 85.0 Å². The van der Waals surface area contributed by atoms with Crippen LogP contribution in [-0.2, 0) is 22.7 Å². The molecule has 6 heterocycles. The number of pyridine rings is 2. The second kappa shape index (κ2) is 20.1. The summed E-state index contributed by atoms with van der Waals surface area (Å²) in [7, 11) is 3.09. The average molecular weight is 960 g/mol. The first-order valence-electron chi connectivity index (χ1n) is 22.2. The molecule has 2 N–H and O–H groups in total. The smallest absolute Gasteiger partial charge is 0.410 e. The number of rotatable bonds is 8. The molecule has 18 heteroatoms. The second-order valence-electron chi connectivity index (χ2n) is 18.4. The van der Waals surface area contributed by atoms with E-state index in [1.807, 2.05) is 94.1 Å². The fourth-order valence-corrected chi connectivity index (χ4v) is 8.56. The molecule has 358 valence electrons. The first kappa shape index (κ1) is 49.0. The average Bonchev–Trinajstić information content (AvgIpc) is 3.88. The summed E-state index contributed by atoms with van der Waals surface area (Å²) in [5, 5.41) is 20.7. The Kier molecular flexibility index (Phi) is 14.7. The normalized spacial score (nSPS) is 14.6. The number of anilines is 2. The molecular formula is C49H60Cl2N8O8. The fraction of sp³-hybridized carbons (Fsp3) is 0.429. The minimum absolute atomic E-state index is 0.149. The van der Waals surface area contributed by atoms with Gasteiger partial charge < -0.3 is 57.6 Å². The first-order chi connectivity index (χ1) is 31.8. The predicted octanol–water partition coefficient (Wildman–Crippen LogP) is 8.73. The van der Waals surface area contributed by atoms with Gasteiger partial charge in [-0.2, -0.15) is 0 Å². The van der Waals surface area contributed by atoms with Gasteiger partial charge in [-0.3, -0.25) is 0 Å². The van der Waals surface area contributed by atoms with Crippen LogP contribution in [0.3, 0.4) is 0 Å². The van der Waals surface area contributed by atoms with Gasteiger partial charge in [-0.05, 0) is 96.0 Å². The SMILES string of the molecule is COc1cc(CO)c(-c2cn3ccc(N4CCN(C(=O)OC(C)(C)C)CC4)cc3n2)cc1Cl.COc1cc(CO)c(-c2nc3cc(N4CCN(C(=O)OC(C)(C)C)CC4)ccn3c2C)cc1Cl. The molecule has 0 aliphatic carbocycles. The maximum Gasteiger partial charge on any atom is 0.410 e. The van der Waals surface area contributed by atoms with E-state index >= 15 is 0 Å². The van der Waals surface area contributed by atoms with Crippen molar-refractivity contribution in [3.05, 3.63) is 94.0 Å². The molecule has 2 aliphatic heterocycles. The van der Waals surface area contributed by atoms with Crippen LogP contribution in [0.5, 0.6) is 11.5 Å². The lowest BCUT2D eigenvalue weighted by Crippen LogP contribution is -2.50. The zero-order chi connectivity index (χ0) is 48.4. The summed E-state index contributed by atoms with van der Waals surface area (Å²) in [6.45, 7) is 18.2. The summed E-state index contributed by atoms with van der Waals surface area (Å²) in [4.78, 5) is 42.3. The molecule has 16 nitrogen and oxygen atoms in total. The van der Waals surface area contributed by atoms with Crippen LogP contribution >= 0.6 is 23.2 Å². The predicted molar refractivity (Wildman–Crippen MR) is 261 cm³/mol. The van der Waals surface area contributed by atoms with Crippen molar-refractivity contribution in [2.45, 2.75) is 72.9 Å². The molecular weight excluding hydrogens is 899 g/mol. The minimum Gasteiger partial charge on any atom is -0.495 e. The number of aryl methyl sites for hydroxylation is 1. The molecule has 4 aromatic heterocycles. The molecule has 0 spiro atoms. The number of carbonyl (C=O) groups is 2. The highest BCUT2D eigenvalue weighted by atomic mass is 35.5. The Morgan fingerprint density at radius 3 is 1.58 bits per heavy atom. The largest absolute Gasteiger partial charge is 0.495 e. The van der Waals surface area contributed by atoms with Gasteiger partial charge in [-0.25, -0.2) is 19.6 Å². The highest BCUT2D eigenvalue weighted by molar-refractivity contribution is 6.32. The first-order valence-corrected chi connectivity index (χ1v) is 22.9. The number of halogens is 2. The molecule has 6 aromatic rings. The Morgan fingerprint density at radius 1 is 0.642 bits per heavy atom. The molecule has 0 unspecified atom stereocenters. The summed E-state index contributed by atoms with van der Waals surface area (Å²) in [5.74, 6) is 1.03. The maximum atomic E-state index is 12.4. The molecule has 0 bridgehead atoms. The summed E-state index contributed by atoms with van der Waals surface area (Å²) >= 11 is 12.7. The summed E-state index contributed by atoms with van der Waals surface area (Å²) in [6.07, 6.45) is 5.34. The fourth-order valence-electron chi connectivity index (χ4n) is 8.08. The maximum absolute atomic E-state index is 12.4. The Hall–Kier alpha value is -5.94. The molecule has 0 atom stereocenters. The van der Waals surface area contributed by atoms with Gasteiger partial charge in [-0.15, -0.1) is 0 Å². The van der Waals surface area contributed by atoms with Crippen molar-refractivity contribution in [2.75, 3.05) is 76.4 Å². The minimum atomic E-state index is -0.500. The standard InChI is InChI=1S/C25H31ClN4O4.C24H29ClN4O4/c1-16-23(19-14-20(26)21(33-5)12-17(19)15-31)27-22-13-18(6-7-30(16)22)28-8-10-29(11-9-28)24(32)34-25(2,3)4;1-24(2,3)33-23(31)28-9-7-27(8-10-28)17-5-6-29-14-20(26-22(29)12-17)18-13-19(25)21(32-4)11-16(18)15-30/h6-7,12-14,31H,8-11,15H2,1-5H3;5-6,11-14,30H,7-10,15H2,1-4H3. The van der Waals surface area contributed by atoms with Crippen molar-refractivity contribution in [3.63, 3.8) is 0 Å². The molecule has 2 amide bonds. The summed E-state index contributed by atoms with van der Waals surface area (Å²) < 4.78 is 25.5. The van der Waals surface area contributed by atoms with E-state index in [1.165, 1.54) is 0 Å². The van der Waals surface area contributed by atoms with Gasteiger partial charge in [-0.1, -0.05) is 23.2 Å². The number of hydrogen-bond acceptors (Lipinski definition) is 12. The number of amides is 2. The van der Waals surface area contributed by atoms with Gasteiger partial charge in [0.25, 0.3) is 0 Å². The molecule has 0 radical (unpaired) electrons. The van der Waals surface area contributed by atoms with E-state index in [2.05, 4.69) is 15.9 Å². The topological polar surface area (TPSA) is 159 Å². The number of ether oxygens (including phenoxy) is 4. The van der Waals surface area contributed by atoms with E-state index in [0.717, 1.165) is 50.9 Å². The third kappa shape index (κ3) is 11.3. The van der Waals surface area contributed by atoms with E-state index in [1.54, 1.807) is 48.3 Å². The lowest BCUT2D eigenvalue weighted by Gasteiger charge is -2.36. The second-order valence-corrected chi connectivity index (χ2v) is 19.3. The number of benzene rings is 2. The lowest BCUT2D eigenvalue weighted by atomic mass is 10.0. The number of aromatic nitrogens is 4. The van der Waals surface area contributed by atoms with Gasteiger partial charge in [0.15, 0.2) is 0 Å². The van der Waals surface area contributed by atoms with Crippen molar-refractivity contribution in [2.24, 2.45) is 0 Å². The quantitative estimate of drug-likeness (QED) is 0.150. The van der Waals surface area contributed by atoms with E-state index in [4.69, 9.17) is 52.1 Å². The molecule has 2 saturated heterocycles. The number of imidazole rings is 2. The van der Waals surface area contributed by atoms with Crippen LogP contribution in [0.25, 0.3) is 33.8 Å². The summed E-state index contributed by atoms with van der Waals surface area (Å²) in [6, 6.07) is 15.2. The van der Waals surface area contributed by atoms with Crippen LogP contribution in [0.2, 0.25) is 10.0 Å². The number of piperazine rings is 2. The van der Waals surface area contributed by atoms with E-state index in [9.17, 15) is 19.8 Å². The Balaban J connectivity index is 0.000000199. The number of hydrogen-bond donors (Lipinski definition) is 2. The molecule has 2 aliphatic rings. The zero-order valence-corrected chi connectivity index (χ0v) is 41.1. The lowest BCUT2D eigenvalue weighted by molar-refractivity contribution is 0.0230. The van der Waals surface area contributed by atoms with Gasteiger partial charge in [0.2, 0.25) is 0 Å². The highest BCUT2D eigenvalue weighted by Crippen LogP contribution is 2.37. The van der Waals surface area contributed by atoms with E-state index in [-0.39, 0.29) is 25.4 Å². The van der Waals surface area contributed by atoms with Crippen LogP contribution in [0.1, 0.15) is 58.4 Å². The van der Waals surface area contributed by atoms with Gasteiger partial charge in [0, 0.05) is 111 Å². The number of aliphatic hydroxyl groups is 2. The zero-order valence-electron chi connectivity index (χ0n) is 39.6. The number of nitrogens with zero attached hydrogens (tertiary/aromatic N) is 8. The van der Waals surface area contributed by atoms with Crippen LogP contribution in [0, 0.1) is 6.92 Å². The third-order valence-electron chi connectivity index (χ3n) is 11.5. The summed E-state index contributed by atoms with van der Waals surface area (Å²) in [5.41, 5.74) is 8.04. The Bertz CT molecular complexity index is 2750. The highest BCUT2D eigenvalue weighted by Gasteiger charge is 2.28.